The van der Waals surface area contributed by atoms with E-state index in [1.807, 2.05) is 16.7 Å². The Balaban J connectivity index is 1.77. The van der Waals surface area contributed by atoms with Crippen LogP contribution in [0.15, 0.2) is 0 Å². The van der Waals surface area contributed by atoms with E-state index in [1.54, 1.807) is 0 Å². The van der Waals surface area contributed by atoms with Crippen LogP contribution in [0.25, 0.3) is 0 Å². The molecule has 1 heterocycles. The molecule has 0 radical (unpaired) electrons. The van der Waals surface area contributed by atoms with Crippen LogP contribution in [-0.4, -0.2) is 64.7 Å². The molecule has 1 unspecified atom stereocenters. The van der Waals surface area contributed by atoms with Crippen LogP contribution in [0.5, 0.6) is 0 Å². The minimum absolute atomic E-state index is 0.0564. The highest BCUT2D eigenvalue weighted by Gasteiger charge is 2.37. The number of carbonyl (C=O) groups is 2. The van der Waals surface area contributed by atoms with Crippen molar-refractivity contribution in [3.05, 3.63) is 0 Å². The minimum atomic E-state index is -0.786. The molecule has 0 spiro atoms. The first kappa shape index (κ1) is 17.1. The van der Waals surface area contributed by atoms with Crippen LogP contribution in [0.2, 0.25) is 0 Å². The lowest BCUT2D eigenvalue weighted by Gasteiger charge is -2.43. The van der Waals surface area contributed by atoms with Gasteiger partial charge in [0.1, 0.15) is 0 Å². The van der Waals surface area contributed by atoms with Gasteiger partial charge in [-0.3, -0.25) is 9.69 Å². The summed E-state index contributed by atoms with van der Waals surface area (Å²) in [5, 5.41) is 12.0. The molecule has 2 amide bonds. The van der Waals surface area contributed by atoms with Crippen molar-refractivity contribution in [2.24, 2.45) is 5.92 Å². The molecule has 22 heavy (non-hydrogen) atoms. The van der Waals surface area contributed by atoms with Crippen molar-refractivity contribution in [3.8, 4) is 0 Å². The van der Waals surface area contributed by atoms with Gasteiger partial charge in [-0.2, -0.15) is 0 Å². The van der Waals surface area contributed by atoms with E-state index < -0.39 is 5.97 Å². The number of amides is 2. The summed E-state index contributed by atoms with van der Waals surface area (Å²) in [4.78, 5) is 27.2. The molecule has 1 aliphatic carbocycles. The molecule has 2 fully saturated rings. The molecule has 6 heteroatoms. The number of carboxylic acid groups (broad SMARTS) is 1. The third kappa shape index (κ3) is 3.91. The van der Waals surface area contributed by atoms with Gasteiger partial charge in [0.25, 0.3) is 0 Å². The molecule has 0 aromatic carbocycles. The average Bonchev–Trinajstić information content (AvgIpc) is 2.89. The second-order valence-corrected chi connectivity index (χ2v) is 6.88. The summed E-state index contributed by atoms with van der Waals surface area (Å²) in [6, 6.07) is 0.885. The summed E-state index contributed by atoms with van der Waals surface area (Å²) in [5.74, 6) is -0.292. The summed E-state index contributed by atoms with van der Waals surface area (Å²) >= 11 is 0. The zero-order chi connectivity index (χ0) is 16.3. The molecule has 2 aliphatic rings. The fraction of sp³-hybridized carbons (Fsp3) is 0.875. The first-order valence-electron chi connectivity index (χ1n) is 8.45. The number of hydrogen-bond donors (Lipinski definition) is 2. The van der Waals surface area contributed by atoms with Gasteiger partial charge in [0, 0.05) is 24.7 Å². The molecule has 0 bridgehead atoms. The van der Waals surface area contributed by atoms with Gasteiger partial charge in [0.05, 0.1) is 6.54 Å². The Morgan fingerprint density at radius 2 is 2.05 bits per heavy atom. The van der Waals surface area contributed by atoms with Crippen molar-refractivity contribution in [2.75, 3.05) is 19.6 Å². The number of nitrogens with one attached hydrogen (secondary N) is 1. The van der Waals surface area contributed by atoms with E-state index in [-0.39, 0.29) is 24.7 Å². The van der Waals surface area contributed by atoms with Gasteiger partial charge in [0.15, 0.2) is 0 Å². The van der Waals surface area contributed by atoms with E-state index in [4.69, 9.17) is 5.11 Å². The monoisotopic (exact) mass is 311 g/mol. The lowest BCUT2D eigenvalue weighted by atomic mass is 9.85. The van der Waals surface area contributed by atoms with Crippen molar-refractivity contribution in [2.45, 2.75) is 64.6 Å². The Morgan fingerprint density at radius 3 is 2.59 bits per heavy atom. The summed E-state index contributed by atoms with van der Waals surface area (Å²) in [7, 11) is 0. The maximum atomic E-state index is 12.4. The predicted octanol–water partition coefficient (Wildman–Crippen LogP) is 1.75. The first-order valence-corrected chi connectivity index (χ1v) is 8.45. The predicted molar refractivity (Wildman–Crippen MR) is 84.8 cm³/mol. The number of carboxylic acids is 1. The van der Waals surface area contributed by atoms with Crippen LogP contribution in [-0.2, 0) is 4.79 Å². The largest absolute Gasteiger partial charge is 0.480 e. The van der Waals surface area contributed by atoms with Gasteiger partial charge < -0.3 is 15.3 Å². The lowest BCUT2D eigenvalue weighted by molar-refractivity contribution is -0.139. The summed E-state index contributed by atoms with van der Waals surface area (Å²) in [6.45, 7) is 7.99. The molecule has 6 nitrogen and oxygen atoms in total. The Hall–Kier alpha value is -1.30. The van der Waals surface area contributed by atoms with Crippen LogP contribution in [0.4, 0.5) is 4.79 Å². The van der Waals surface area contributed by atoms with Crippen molar-refractivity contribution < 1.29 is 14.7 Å². The normalized spacial score (nSPS) is 28.0. The zero-order valence-corrected chi connectivity index (χ0v) is 13.9. The fourth-order valence-electron chi connectivity index (χ4n) is 3.67. The summed E-state index contributed by atoms with van der Waals surface area (Å²) in [5.41, 5.74) is 0. The van der Waals surface area contributed by atoms with Crippen LogP contribution in [0.1, 0.15) is 46.5 Å². The third-order valence-electron chi connectivity index (χ3n) is 5.03. The maximum absolute atomic E-state index is 12.4. The van der Waals surface area contributed by atoms with Gasteiger partial charge in [-0.15, -0.1) is 0 Å². The molecular weight excluding hydrogens is 282 g/mol. The minimum Gasteiger partial charge on any atom is -0.480 e. The molecule has 1 saturated heterocycles. The average molecular weight is 311 g/mol. The second-order valence-electron chi connectivity index (χ2n) is 6.88. The Kier molecular flexibility index (Phi) is 5.67. The number of urea groups is 1. The van der Waals surface area contributed by atoms with Crippen LogP contribution >= 0.6 is 0 Å². The van der Waals surface area contributed by atoms with Gasteiger partial charge in [-0.05, 0) is 38.1 Å². The highest BCUT2D eigenvalue weighted by Crippen LogP contribution is 2.27. The maximum Gasteiger partial charge on any atom is 0.317 e. The summed E-state index contributed by atoms with van der Waals surface area (Å²) in [6.07, 6.45) is 3.90. The topological polar surface area (TPSA) is 72.9 Å². The van der Waals surface area contributed by atoms with Crippen LogP contribution < -0.4 is 5.32 Å². The lowest BCUT2D eigenvalue weighted by Crippen LogP contribution is -2.57. The highest BCUT2D eigenvalue weighted by molar-refractivity contribution is 5.75. The molecule has 2 rings (SSSR count). The Bertz CT molecular complexity index is 407. The molecular formula is C16H29N3O3. The molecule has 0 aromatic rings. The molecule has 1 saturated carbocycles. The van der Waals surface area contributed by atoms with Crippen molar-refractivity contribution in [3.63, 3.8) is 0 Å². The van der Waals surface area contributed by atoms with Gasteiger partial charge >= 0.3 is 12.0 Å². The van der Waals surface area contributed by atoms with Crippen LogP contribution in [0, 0.1) is 5.92 Å². The van der Waals surface area contributed by atoms with E-state index in [0.29, 0.717) is 12.0 Å². The number of carbonyl (C=O) groups excluding carboxylic acids is 1. The van der Waals surface area contributed by atoms with Crippen molar-refractivity contribution >= 4 is 12.0 Å². The van der Waals surface area contributed by atoms with E-state index in [0.717, 1.165) is 38.8 Å². The van der Waals surface area contributed by atoms with Gasteiger partial charge in [0.2, 0.25) is 0 Å². The molecule has 2 N–H and O–H groups in total. The molecule has 1 aliphatic heterocycles. The second kappa shape index (κ2) is 7.31. The number of nitrogens with zero attached hydrogens (tertiary/aromatic N) is 2. The van der Waals surface area contributed by atoms with Gasteiger partial charge in [-0.25, -0.2) is 4.79 Å². The van der Waals surface area contributed by atoms with Crippen molar-refractivity contribution in [1.29, 1.82) is 0 Å². The SMILES string of the molecule is CCN(CC(=O)O)C1CC(NC(=O)N2CCCC2C(C)C)C1. The first-order chi connectivity index (χ1) is 10.4. The standard InChI is InChI=1S/C16H29N3O3/c1-4-18(10-15(20)21)13-8-12(9-13)17-16(22)19-7-5-6-14(19)11(2)3/h11-14H,4-10H2,1-3H3,(H,17,22)(H,20,21). The number of aliphatic carboxylic acids is 1. The molecule has 1 atom stereocenters. The fourth-order valence-corrected chi connectivity index (χ4v) is 3.67. The number of likely N-dealkylation sites (N-methyl/N-ethyl adjacent to an activating group) is 1. The van der Waals surface area contributed by atoms with E-state index in [9.17, 15) is 9.59 Å². The molecule has 0 aromatic heterocycles. The quantitative estimate of drug-likeness (QED) is 0.784. The van der Waals surface area contributed by atoms with E-state index in [1.165, 1.54) is 0 Å². The number of hydrogen-bond acceptors (Lipinski definition) is 3. The zero-order valence-electron chi connectivity index (χ0n) is 13.9. The Labute approximate surface area is 132 Å². The Morgan fingerprint density at radius 1 is 1.36 bits per heavy atom. The van der Waals surface area contributed by atoms with Crippen molar-refractivity contribution in [1.82, 2.24) is 15.1 Å². The number of likely N-dealkylation sites (tertiary alicyclic amines) is 1. The van der Waals surface area contributed by atoms with E-state index >= 15 is 0 Å². The third-order valence-corrected chi connectivity index (χ3v) is 5.03. The smallest absolute Gasteiger partial charge is 0.317 e. The van der Waals surface area contributed by atoms with Gasteiger partial charge in [-0.1, -0.05) is 20.8 Å². The molecule has 126 valence electrons. The van der Waals surface area contributed by atoms with E-state index in [2.05, 4.69) is 19.2 Å². The number of rotatable bonds is 6. The highest BCUT2D eigenvalue weighted by atomic mass is 16.4. The van der Waals surface area contributed by atoms with Crippen LogP contribution in [0.3, 0.4) is 0 Å². The summed E-state index contributed by atoms with van der Waals surface area (Å²) < 4.78 is 0.